The standard InChI is InChI=1S/C23H30N2O6/c1-14(2)20(31-16-9-7-6-8-10-16)15(3)13-23(4,22(28)29)25-21(27)18-19(26)17(30-5)11-12-24-18/h6-12,14-15,20,26H,13H2,1-5H3,(H,25,27)(H,28,29). The van der Waals surface area contributed by atoms with E-state index < -0.39 is 23.2 Å². The molecule has 2 aromatic rings. The molecule has 1 aromatic carbocycles. The van der Waals surface area contributed by atoms with Crippen LogP contribution in [-0.2, 0) is 4.79 Å². The van der Waals surface area contributed by atoms with Gasteiger partial charge in [0.15, 0.2) is 17.2 Å². The number of carbonyl (C=O) groups excluding carboxylic acids is 1. The highest BCUT2D eigenvalue weighted by Crippen LogP contribution is 2.30. The van der Waals surface area contributed by atoms with Gasteiger partial charge in [-0.05, 0) is 37.3 Å². The van der Waals surface area contributed by atoms with Crippen molar-refractivity contribution in [3.8, 4) is 17.2 Å². The summed E-state index contributed by atoms with van der Waals surface area (Å²) in [6, 6.07) is 10.7. The quantitative estimate of drug-likeness (QED) is 0.528. The number of hydrogen-bond acceptors (Lipinski definition) is 6. The number of carbonyl (C=O) groups is 2. The topological polar surface area (TPSA) is 118 Å². The summed E-state index contributed by atoms with van der Waals surface area (Å²) in [7, 11) is 1.35. The average Bonchev–Trinajstić information content (AvgIpc) is 2.72. The SMILES string of the molecule is COc1ccnc(C(=O)NC(C)(CC(C)C(Oc2ccccc2)C(C)C)C(=O)O)c1O. The molecule has 3 atom stereocenters. The Bertz CT molecular complexity index is 902. The fraction of sp³-hybridized carbons (Fsp3) is 0.435. The summed E-state index contributed by atoms with van der Waals surface area (Å²) in [5.41, 5.74) is -1.92. The molecule has 1 heterocycles. The Balaban J connectivity index is 2.23. The highest BCUT2D eigenvalue weighted by Gasteiger charge is 2.40. The van der Waals surface area contributed by atoms with E-state index in [0.717, 1.165) is 0 Å². The number of carboxylic acid groups (broad SMARTS) is 1. The van der Waals surface area contributed by atoms with Crippen molar-refractivity contribution in [1.29, 1.82) is 0 Å². The van der Waals surface area contributed by atoms with Gasteiger partial charge in [-0.2, -0.15) is 0 Å². The van der Waals surface area contributed by atoms with Gasteiger partial charge in [-0.15, -0.1) is 0 Å². The average molecular weight is 431 g/mol. The number of carboxylic acids is 1. The molecular weight excluding hydrogens is 400 g/mol. The molecule has 168 valence electrons. The van der Waals surface area contributed by atoms with Gasteiger partial charge >= 0.3 is 5.97 Å². The van der Waals surface area contributed by atoms with Crippen LogP contribution in [0.2, 0.25) is 0 Å². The van der Waals surface area contributed by atoms with Crippen LogP contribution in [0.1, 0.15) is 44.6 Å². The highest BCUT2D eigenvalue weighted by molar-refractivity contribution is 5.98. The highest BCUT2D eigenvalue weighted by atomic mass is 16.5. The van der Waals surface area contributed by atoms with Crippen LogP contribution >= 0.6 is 0 Å². The van der Waals surface area contributed by atoms with Crippen LogP contribution in [0.4, 0.5) is 0 Å². The van der Waals surface area contributed by atoms with Crippen molar-refractivity contribution in [2.75, 3.05) is 7.11 Å². The molecule has 0 bridgehead atoms. The van der Waals surface area contributed by atoms with E-state index >= 15 is 0 Å². The molecule has 31 heavy (non-hydrogen) atoms. The number of aromatic hydroxyl groups is 1. The molecule has 1 aromatic heterocycles. The van der Waals surface area contributed by atoms with E-state index in [1.807, 2.05) is 51.1 Å². The minimum atomic E-state index is -1.61. The number of pyridine rings is 1. The molecule has 3 N–H and O–H groups in total. The molecular formula is C23H30N2O6. The Morgan fingerprint density at radius 2 is 1.81 bits per heavy atom. The summed E-state index contributed by atoms with van der Waals surface area (Å²) >= 11 is 0. The van der Waals surface area contributed by atoms with Crippen molar-refractivity contribution < 1.29 is 29.3 Å². The van der Waals surface area contributed by atoms with Gasteiger partial charge in [0.25, 0.3) is 5.91 Å². The third-order valence-electron chi connectivity index (χ3n) is 5.15. The van der Waals surface area contributed by atoms with Gasteiger partial charge in [-0.3, -0.25) is 4.79 Å². The minimum Gasteiger partial charge on any atom is -0.503 e. The molecule has 0 aliphatic rings. The summed E-state index contributed by atoms with van der Waals surface area (Å²) in [6.07, 6.45) is 1.13. The molecule has 0 spiro atoms. The van der Waals surface area contributed by atoms with E-state index in [2.05, 4.69) is 10.3 Å². The maximum Gasteiger partial charge on any atom is 0.329 e. The number of benzene rings is 1. The number of methoxy groups -OCH3 is 1. The normalized spacial score (nSPS) is 14.9. The van der Waals surface area contributed by atoms with Crippen LogP contribution in [0.3, 0.4) is 0 Å². The van der Waals surface area contributed by atoms with Crippen LogP contribution in [0.15, 0.2) is 42.6 Å². The number of nitrogens with one attached hydrogen (secondary N) is 1. The molecule has 2 rings (SSSR count). The first-order valence-electron chi connectivity index (χ1n) is 10.1. The predicted octanol–water partition coefficient (Wildman–Crippen LogP) is 3.50. The lowest BCUT2D eigenvalue weighted by Gasteiger charge is -2.34. The third kappa shape index (κ3) is 5.87. The number of amides is 1. The zero-order valence-electron chi connectivity index (χ0n) is 18.5. The number of hydrogen-bond donors (Lipinski definition) is 3. The number of ether oxygens (including phenoxy) is 2. The van der Waals surface area contributed by atoms with Crippen LogP contribution in [0, 0.1) is 11.8 Å². The maximum absolute atomic E-state index is 12.7. The number of nitrogens with zero attached hydrogens (tertiary/aromatic N) is 1. The zero-order chi connectivity index (χ0) is 23.2. The second-order valence-electron chi connectivity index (χ2n) is 8.12. The van der Waals surface area contributed by atoms with Crippen molar-refractivity contribution in [3.63, 3.8) is 0 Å². The molecule has 0 saturated carbocycles. The van der Waals surface area contributed by atoms with Crippen molar-refractivity contribution in [1.82, 2.24) is 10.3 Å². The monoisotopic (exact) mass is 430 g/mol. The maximum atomic E-state index is 12.7. The summed E-state index contributed by atoms with van der Waals surface area (Å²) in [5.74, 6) is -1.80. The zero-order valence-corrected chi connectivity index (χ0v) is 18.5. The molecule has 0 radical (unpaired) electrons. The molecule has 8 nitrogen and oxygen atoms in total. The van der Waals surface area contributed by atoms with Crippen molar-refractivity contribution in [3.05, 3.63) is 48.3 Å². The molecule has 0 saturated heterocycles. The number of para-hydroxylation sites is 1. The van der Waals surface area contributed by atoms with Gasteiger partial charge in [0, 0.05) is 12.3 Å². The first kappa shape index (κ1) is 24.0. The van der Waals surface area contributed by atoms with Crippen LogP contribution in [0.5, 0.6) is 17.2 Å². The van der Waals surface area contributed by atoms with Gasteiger partial charge in [0.05, 0.1) is 7.11 Å². The largest absolute Gasteiger partial charge is 0.503 e. The summed E-state index contributed by atoms with van der Waals surface area (Å²) < 4.78 is 11.1. The molecule has 0 fully saturated rings. The van der Waals surface area contributed by atoms with Crippen molar-refractivity contribution >= 4 is 11.9 Å². The van der Waals surface area contributed by atoms with Crippen LogP contribution in [-0.4, -0.2) is 45.8 Å². The Morgan fingerprint density at radius 1 is 1.16 bits per heavy atom. The lowest BCUT2D eigenvalue weighted by atomic mass is 9.83. The van der Waals surface area contributed by atoms with E-state index in [1.165, 1.54) is 26.3 Å². The van der Waals surface area contributed by atoms with Gasteiger partial charge in [-0.25, -0.2) is 9.78 Å². The van der Waals surface area contributed by atoms with Crippen molar-refractivity contribution in [2.24, 2.45) is 11.8 Å². The molecule has 1 amide bonds. The van der Waals surface area contributed by atoms with Gasteiger partial charge in [0.1, 0.15) is 17.4 Å². The Labute approximate surface area is 182 Å². The van der Waals surface area contributed by atoms with Crippen molar-refractivity contribution in [2.45, 2.75) is 45.8 Å². The minimum absolute atomic E-state index is 0.0710. The lowest BCUT2D eigenvalue weighted by molar-refractivity contribution is -0.144. The predicted molar refractivity (Wildman–Crippen MR) is 115 cm³/mol. The Hall–Kier alpha value is -3.29. The summed E-state index contributed by atoms with van der Waals surface area (Å²) in [6.45, 7) is 7.32. The second kappa shape index (κ2) is 10.1. The van der Waals surface area contributed by atoms with E-state index in [4.69, 9.17) is 9.47 Å². The smallest absolute Gasteiger partial charge is 0.329 e. The number of aromatic nitrogens is 1. The van der Waals surface area contributed by atoms with Gasteiger partial charge < -0.3 is 25.0 Å². The molecule has 0 aliphatic carbocycles. The van der Waals surface area contributed by atoms with Gasteiger partial charge in [-0.1, -0.05) is 39.0 Å². The first-order valence-corrected chi connectivity index (χ1v) is 10.1. The molecule has 3 unspecified atom stereocenters. The fourth-order valence-corrected chi connectivity index (χ4v) is 3.59. The van der Waals surface area contributed by atoms with E-state index in [0.29, 0.717) is 5.75 Å². The van der Waals surface area contributed by atoms with E-state index in [-0.39, 0.29) is 35.8 Å². The Morgan fingerprint density at radius 3 is 2.35 bits per heavy atom. The molecule has 0 aliphatic heterocycles. The fourth-order valence-electron chi connectivity index (χ4n) is 3.59. The van der Waals surface area contributed by atoms with Gasteiger partial charge in [0.2, 0.25) is 0 Å². The Kier molecular flexibility index (Phi) is 7.85. The number of aliphatic carboxylic acids is 1. The molecule has 8 heteroatoms. The third-order valence-corrected chi connectivity index (χ3v) is 5.15. The van der Waals surface area contributed by atoms with Crippen LogP contribution < -0.4 is 14.8 Å². The number of rotatable bonds is 10. The second-order valence-corrected chi connectivity index (χ2v) is 8.12. The summed E-state index contributed by atoms with van der Waals surface area (Å²) in [5, 5.41) is 22.6. The first-order chi connectivity index (χ1) is 14.6. The van der Waals surface area contributed by atoms with Crippen LogP contribution in [0.25, 0.3) is 0 Å². The van der Waals surface area contributed by atoms with E-state index in [1.54, 1.807) is 0 Å². The lowest BCUT2D eigenvalue weighted by Crippen LogP contribution is -2.54. The van der Waals surface area contributed by atoms with E-state index in [9.17, 15) is 19.8 Å². The summed E-state index contributed by atoms with van der Waals surface area (Å²) in [4.78, 5) is 28.7.